The van der Waals surface area contributed by atoms with Crippen molar-refractivity contribution in [1.29, 1.82) is 0 Å². The van der Waals surface area contributed by atoms with Crippen molar-refractivity contribution in [3.8, 4) is 0 Å². The highest BCUT2D eigenvalue weighted by Crippen LogP contribution is 2.45. The summed E-state index contributed by atoms with van der Waals surface area (Å²) >= 11 is 0. The molecule has 11 aliphatic rings. The van der Waals surface area contributed by atoms with Crippen LogP contribution in [-0.2, 0) is 76.0 Å². The molecule has 37 nitrogen and oxygen atoms in total. The van der Waals surface area contributed by atoms with E-state index in [1.54, 1.807) is 0 Å². The molecule has 5 heterocycles. The van der Waals surface area contributed by atoms with Gasteiger partial charge in [0.2, 0.25) is 0 Å². The Kier molecular flexibility index (Phi) is 31.3. The van der Waals surface area contributed by atoms with Gasteiger partial charge in [-0.3, -0.25) is 0 Å². The zero-order valence-corrected chi connectivity index (χ0v) is 61.2. The number of ether oxygens (including phenoxy) is 13. The first-order valence-electron chi connectivity index (χ1n) is 38.8. The lowest BCUT2D eigenvalue weighted by Crippen LogP contribution is -2.64. The number of rotatable bonds is 25. The second-order valence-electron chi connectivity index (χ2n) is 31.9. The highest BCUT2D eigenvalue weighted by Gasteiger charge is 2.58. The molecule has 0 aromatic carbocycles. The summed E-state index contributed by atoms with van der Waals surface area (Å²) in [5.41, 5.74) is 0. The van der Waals surface area contributed by atoms with Crippen LogP contribution in [0.3, 0.4) is 0 Å². The molecule has 11 rings (SSSR count). The van der Waals surface area contributed by atoms with Gasteiger partial charge in [0.15, 0.2) is 43.5 Å². The van der Waals surface area contributed by atoms with E-state index in [1.165, 1.54) is 24.3 Å². The van der Waals surface area contributed by atoms with Crippen LogP contribution in [-0.4, -0.2) is 365 Å². The van der Waals surface area contributed by atoms with Crippen LogP contribution < -0.4 is 0 Å². The Hall–Kier alpha value is -4.32. The molecule has 5 saturated heterocycles. The molecule has 21 N–H and O–H groups in total. The van der Waals surface area contributed by atoms with Crippen LogP contribution in [0.1, 0.15) is 116 Å². The summed E-state index contributed by atoms with van der Waals surface area (Å²) in [6.45, 7) is -2.66. The van der Waals surface area contributed by atoms with E-state index in [1.807, 2.05) is 0 Å². The molecule has 21 unspecified atom stereocenters. The van der Waals surface area contributed by atoms with Crippen molar-refractivity contribution >= 4 is 23.9 Å². The van der Waals surface area contributed by atoms with Gasteiger partial charge in [0.1, 0.15) is 111 Å². The fourth-order valence-corrected chi connectivity index (χ4v) is 17.1. The molecule has 5 aliphatic heterocycles. The summed E-state index contributed by atoms with van der Waals surface area (Å²) in [7, 11) is 0. The maximum Gasteiger partial charge on any atom is 0.330 e. The second-order valence-corrected chi connectivity index (χ2v) is 31.9. The molecule has 37 heteroatoms. The van der Waals surface area contributed by atoms with Crippen molar-refractivity contribution in [2.75, 3.05) is 26.4 Å². The number of esters is 4. The summed E-state index contributed by atoms with van der Waals surface area (Å²) in [4.78, 5) is 52.2. The fraction of sp³-hybridized carbons (Fsp3) is 0.838. The van der Waals surface area contributed by atoms with Gasteiger partial charge < -0.3 is 164 Å². The minimum absolute atomic E-state index is 0.00720. The first-order chi connectivity index (χ1) is 52.9. The van der Waals surface area contributed by atoms with Gasteiger partial charge in [0, 0.05) is 43.1 Å². The number of carbonyl (C=O) groups is 4. The molecule has 6 saturated carbocycles. The van der Waals surface area contributed by atoms with Crippen LogP contribution in [0.25, 0.3) is 0 Å². The quantitative estimate of drug-likeness (QED) is 0.0175. The van der Waals surface area contributed by atoms with Crippen LogP contribution >= 0.6 is 0 Å². The second kappa shape index (κ2) is 39.8. The lowest BCUT2D eigenvalue weighted by molar-refractivity contribution is -0.366. The van der Waals surface area contributed by atoms with Gasteiger partial charge in [-0.25, -0.2) is 19.2 Å². The van der Waals surface area contributed by atoms with Crippen LogP contribution in [0.2, 0.25) is 0 Å². The molecule has 11 fully saturated rings. The number of aliphatic hydroxyl groups is 22. The summed E-state index contributed by atoms with van der Waals surface area (Å²) in [6.07, 6.45) is -35.4. The van der Waals surface area contributed by atoms with Crippen molar-refractivity contribution in [2.24, 2.45) is 35.5 Å². The van der Waals surface area contributed by atoms with Gasteiger partial charge in [0.25, 0.3) is 0 Å². The molecule has 0 aromatic heterocycles. The number of hydrogen-bond donors (Lipinski definition) is 20. The van der Waals surface area contributed by atoms with Crippen molar-refractivity contribution in [2.45, 2.75) is 324 Å². The molecular formula is C74H113O37+. The Morgan fingerprint density at radius 3 is 1.12 bits per heavy atom. The lowest BCUT2D eigenvalue weighted by atomic mass is 9.72. The third kappa shape index (κ3) is 22.5. The van der Waals surface area contributed by atoms with E-state index in [4.69, 9.17) is 61.6 Å². The van der Waals surface area contributed by atoms with Gasteiger partial charge in [-0.1, -0.05) is 24.3 Å². The van der Waals surface area contributed by atoms with Crippen molar-refractivity contribution in [3.05, 3.63) is 48.6 Å². The van der Waals surface area contributed by atoms with Crippen LogP contribution in [0.4, 0.5) is 0 Å². The van der Waals surface area contributed by atoms with Crippen molar-refractivity contribution in [1.82, 2.24) is 0 Å². The number of carbonyl (C=O) groups excluding carboxylic acids is 4. The first-order valence-corrected chi connectivity index (χ1v) is 38.8. The zero-order chi connectivity index (χ0) is 79.8. The highest BCUT2D eigenvalue weighted by molar-refractivity contribution is 5.83. The van der Waals surface area contributed by atoms with Gasteiger partial charge in [-0.05, 0) is 126 Å². The molecule has 630 valence electrons. The predicted octanol–water partition coefficient (Wildman–Crippen LogP) is -6.88. The molecular weight excluding hydrogens is 1480 g/mol. The van der Waals surface area contributed by atoms with E-state index in [0.717, 1.165) is 24.3 Å². The van der Waals surface area contributed by atoms with Crippen LogP contribution in [0, 0.1) is 35.5 Å². The third-order valence-electron chi connectivity index (χ3n) is 23.9. The average Bonchev–Trinajstić information content (AvgIpc) is 1.31. The van der Waals surface area contributed by atoms with E-state index in [-0.39, 0.29) is 94.3 Å². The van der Waals surface area contributed by atoms with Crippen molar-refractivity contribution in [3.63, 3.8) is 0 Å². The summed E-state index contributed by atoms with van der Waals surface area (Å²) in [5, 5.41) is 218. The number of hydrogen-bond acceptors (Lipinski definition) is 36. The minimum Gasteiger partial charge on any atom is -0.460 e. The molecule has 40 atom stereocenters. The first kappa shape index (κ1) is 87.5. The number of aliphatic hydroxyl groups excluding tert-OH is 20. The number of fused-ring (bicyclic) bond motifs is 1. The van der Waals surface area contributed by atoms with E-state index in [9.17, 15) is 121 Å². The molecule has 111 heavy (non-hydrogen) atoms. The van der Waals surface area contributed by atoms with Gasteiger partial charge in [-0.2, -0.15) is 0 Å². The Labute approximate surface area is 639 Å². The molecule has 0 radical (unpaired) electrons. The van der Waals surface area contributed by atoms with Crippen LogP contribution in [0.5, 0.6) is 0 Å². The molecule has 0 spiro atoms. The molecule has 0 bridgehead atoms. The van der Waals surface area contributed by atoms with E-state index < -0.39 is 270 Å². The fourth-order valence-electron chi connectivity index (χ4n) is 17.1. The Morgan fingerprint density at radius 1 is 0.324 bits per heavy atom. The van der Waals surface area contributed by atoms with Gasteiger partial charge in [0.05, 0.1) is 85.8 Å². The minimum atomic E-state index is -2.05. The Balaban J connectivity index is 0.785. The Morgan fingerprint density at radius 2 is 0.694 bits per heavy atom. The van der Waals surface area contributed by atoms with Crippen molar-refractivity contribution < 1.29 is 183 Å². The predicted molar refractivity (Wildman–Crippen MR) is 369 cm³/mol. The topological polar surface area (TPSA) is 596 Å². The zero-order valence-electron chi connectivity index (χ0n) is 61.2. The maximum atomic E-state index is 13.5. The SMILES string of the molecule is O=C(C=CC1CCC(O)C(O)C1)OC[C@@H]1O[C@@H](OC[C@H]2O[C@@H](OC3CC4C(O)CC(O[C@@H]5O[C@H](COC(=O)C=CC6CCC(O)C(O)C6)[C@@H](O)[C@H](O)[C@H]5O)CC4[OH+]C3C3CCC(O)C(O[C@@H]4O[C@H](COC(=O)C=CC5CCC(O)C(O)C5)[C@@H](O)[C@H](O)[C@H]4O)C3)[C@H](O)[C@@H](O)[C@@H]2O)[C@H](OC(=O)C=CC2CCC(O)C(O)C2)[C@H]1O. The molecule has 0 aromatic rings. The molecule has 6 aliphatic carbocycles. The number of allylic oxidation sites excluding steroid dienone is 4. The average molecular weight is 1590 g/mol. The van der Waals surface area contributed by atoms with E-state index >= 15 is 0 Å². The smallest absolute Gasteiger partial charge is 0.330 e. The lowest BCUT2D eigenvalue weighted by Gasteiger charge is -2.50. The summed E-state index contributed by atoms with van der Waals surface area (Å²) in [6, 6.07) is 0. The van der Waals surface area contributed by atoms with E-state index in [0.29, 0.717) is 44.9 Å². The van der Waals surface area contributed by atoms with Gasteiger partial charge in [-0.15, -0.1) is 0 Å². The van der Waals surface area contributed by atoms with Gasteiger partial charge >= 0.3 is 23.9 Å². The largest absolute Gasteiger partial charge is 0.460 e. The summed E-state index contributed by atoms with van der Waals surface area (Å²) in [5.74, 6) is -6.21. The normalized spacial score (nSPS) is 47.5. The molecule has 0 amide bonds. The van der Waals surface area contributed by atoms with E-state index in [2.05, 4.69) is 0 Å². The standard InChI is InChI=1S/C74H112O37/c75-38-10-1-31(19-44(38)81)5-15-55(85)99-27-51-59(89)63(93)66(96)71(107-51)103-36-24-43(80)37-26-50(69(104-48(37)25-36)35-9-14-42(79)49(23-35)105-72-67(97)64(94)60(90)52(108-72)28-100-56(86)16-6-32-2-11-39(76)45(82)20-32)106-73-68(98)65(95)61(91)53(109-73)30-102-74-70(111-58(88)18-8-34-4-13-41(78)47(84)22-34)62(92)54(110-74)29-101-57(87)17-7-33-3-12-40(77)46(83)21-33/h5-8,15-18,31-54,59-84,89-98H,1-4,9-14,19-30H2/p+1/t31?,32?,33?,34?,35?,36?,37?,38?,39?,40?,41?,42?,43?,44?,45?,46?,47?,48?,49?,50?,51-,52-,53-,54+,59-,60-,61-,62+,63+,64+,65+,66-,67-,68-,69?,70-,71-,72-,73-,74-/m1/s1. The summed E-state index contributed by atoms with van der Waals surface area (Å²) < 4.78 is 76.4. The monoisotopic (exact) mass is 1590 g/mol. The maximum absolute atomic E-state index is 13.5. The third-order valence-corrected chi connectivity index (χ3v) is 23.9. The van der Waals surface area contributed by atoms with Crippen LogP contribution in [0.15, 0.2) is 48.6 Å². The highest BCUT2D eigenvalue weighted by atomic mass is 16.8. The Bertz CT molecular complexity index is 3110.